The number of carbonyl (C=O) groups excluding carboxylic acids is 1. The van der Waals surface area contributed by atoms with Gasteiger partial charge in [-0.05, 0) is 29.1 Å². The Morgan fingerprint density at radius 1 is 0.968 bits per heavy atom. The predicted octanol–water partition coefficient (Wildman–Crippen LogP) is 3.53. The van der Waals surface area contributed by atoms with Crippen LogP contribution < -0.4 is 10.2 Å². The van der Waals surface area contributed by atoms with Crippen LogP contribution in [0.3, 0.4) is 0 Å². The molecule has 0 atom stereocenters. The number of aromatic amines is 1. The van der Waals surface area contributed by atoms with Gasteiger partial charge in [0.25, 0.3) is 5.91 Å². The van der Waals surface area contributed by atoms with E-state index in [1.165, 1.54) is 11.9 Å². The Bertz CT molecular complexity index is 1180. The zero-order valence-electron chi connectivity index (χ0n) is 17.2. The van der Waals surface area contributed by atoms with Gasteiger partial charge in [0.1, 0.15) is 18.0 Å². The standard InChI is InChI=1S/C24H24N6O/c31-24(20-7-6-19-8-9-25-21(19)14-20)28-22-15-23(27-17-26-22)30-12-10-29(11-13-30)16-18-4-2-1-3-5-18/h1-9,14-15,17,25H,10-13,16H2,(H,26,27,28,31). The molecule has 31 heavy (non-hydrogen) atoms. The van der Waals surface area contributed by atoms with Gasteiger partial charge in [-0.25, -0.2) is 9.97 Å². The highest BCUT2D eigenvalue weighted by atomic mass is 16.1. The van der Waals surface area contributed by atoms with Crippen LogP contribution in [0.4, 0.5) is 11.6 Å². The maximum Gasteiger partial charge on any atom is 0.256 e. The molecule has 156 valence electrons. The summed E-state index contributed by atoms with van der Waals surface area (Å²) in [7, 11) is 0. The van der Waals surface area contributed by atoms with E-state index in [-0.39, 0.29) is 5.91 Å². The fraction of sp³-hybridized carbons (Fsp3) is 0.208. The molecule has 1 aliphatic heterocycles. The van der Waals surface area contributed by atoms with Gasteiger partial charge >= 0.3 is 0 Å². The minimum atomic E-state index is -0.186. The monoisotopic (exact) mass is 412 g/mol. The molecule has 2 aromatic heterocycles. The van der Waals surface area contributed by atoms with Crippen LogP contribution in [0.15, 0.2) is 73.2 Å². The SMILES string of the molecule is O=C(Nc1cc(N2CCN(Cc3ccccc3)CC2)ncn1)c1ccc2cc[nH]c2c1. The van der Waals surface area contributed by atoms with E-state index in [4.69, 9.17) is 0 Å². The van der Waals surface area contributed by atoms with Crippen LogP contribution in [0.25, 0.3) is 10.9 Å². The van der Waals surface area contributed by atoms with Crippen molar-refractivity contribution in [1.82, 2.24) is 19.9 Å². The Labute approximate surface area is 180 Å². The van der Waals surface area contributed by atoms with Gasteiger partial charge in [0.15, 0.2) is 0 Å². The third-order valence-electron chi connectivity index (χ3n) is 5.66. The van der Waals surface area contributed by atoms with Gasteiger partial charge in [-0.15, -0.1) is 0 Å². The third kappa shape index (κ3) is 4.41. The number of benzene rings is 2. The molecule has 2 N–H and O–H groups in total. The molecule has 1 aliphatic rings. The van der Waals surface area contributed by atoms with Gasteiger partial charge in [-0.1, -0.05) is 36.4 Å². The maximum atomic E-state index is 12.7. The molecule has 0 spiro atoms. The van der Waals surface area contributed by atoms with Crippen LogP contribution in [-0.4, -0.2) is 51.9 Å². The molecule has 0 bridgehead atoms. The molecule has 2 aromatic carbocycles. The lowest BCUT2D eigenvalue weighted by atomic mass is 10.1. The van der Waals surface area contributed by atoms with Gasteiger partial charge in [-0.3, -0.25) is 9.69 Å². The van der Waals surface area contributed by atoms with Gasteiger partial charge in [0, 0.05) is 56.1 Å². The zero-order chi connectivity index (χ0) is 21.0. The molecule has 0 radical (unpaired) electrons. The van der Waals surface area contributed by atoms with Gasteiger partial charge in [-0.2, -0.15) is 0 Å². The van der Waals surface area contributed by atoms with Crippen LogP contribution >= 0.6 is 0 Å². The summed E-state index contributed by atoms with van der Waals surface area (Å²) in [5.74, 6) is 1.16. The number of hydrogen-bond donors (Lipinski definition) is 2. The number of anilines is 2. The van der Waals surface area contributed by atoms with E-state index < -0.39 is 0 Å². The minimum absolute atomic E-state index is 0.186. The first-order chi connectivity index (χ1) is 15.2. The first kappa shape index (κ1) is 19.3. The van der Waals surface area contributed by atoms with E-state index in [1.54, 1.807) is 0 Å². The summed E-state index contributed by atoms with van der Waals surface area (Å²) in [6.45, 7) is 4.68. The summed E-state index contributed by atoms with van der Waals surface area (Å²) in [5, 5.41) is 3.97. The molecule has 0 saturated carbocycles. The van der Waals surface area contributed by atoms with Crippen molar-refractivity contribution >= 4 is 28.4 Å². The fourth-order valence-corrected chi connectivity index (χ4v) is 3.94. The fourth-order valence-electron chi connectivity index (χ4n) is 3.94. The molecule has 1 fully saturated rings. The van der Waals surface area contributed by atoms with Crippen molar-refractivity contribution in [2.75, 3.05) is 36.4 Å². The average Bonchev–Trinajstić information content (AvgIpc) is 3.28. The zero-order valence-corrected chi connectivity index (χ0v) is 17.2. The van der Waals surface area contributed by atoms with E-state index in [2.05, 4.69) is 54.3 Å². The van der Waals surface area contributed by atoms with Crippen LogP contribution in [-0.2, 0) is 6.54 Å². The number of fused-ring (bicyclic) bond motifs is 1. The highest BCUT2D eigenvalue weighted by Gasteiger charge is 2.19. The Hall–Kier alpha value is -3.71. The molecule has 4 aromatic rings. The molecule has 3 heterocycles. The summed E-state index contributed by atoms with van der Waals surface area (Å²) >= 11 is 0. The smallest absolute Gasteiger partial charge is 0.256 e. The van der Waals surface area contributed by atoms with Crippen molar-refractivity contribution < 1.29 is 4.79 Å². The summed E-state index contributed by atoms with van der Waals surface area (Å²) in [5.41, 5.74) is 2.86. The summed E-state index contributed by atoms with van der Waals surface area (Å²) in [6.07, 6.45) is 3.37. The normalized spacial score (nSPS) is 14.6. The second-order valence-corrected chi connectivity index (χ2v) is 7.74. The van der Waals surface area contributed by atoms with Gasteiger partial charge < -0.3 is 15.2 Å². The van der Waals surface area contributed by atoms with Crippen molar-refractivity contribution in [2.45, 2.75) is 6.54 Å². The number of nitrogens with one attached hydrogen (secondary N) is 2. The Kier molecular flexibility index (Phi) is 5.33. The van der Waals surface area contributed by atoms with Gasteiger partial charge in [0.2, 0.25) is 0 Å². The molecular weight excluding hydrogens is 388 g/mol. The van der Waals surface area contributed by atoms with E-state index in [9.17, 15) is 4.79 Å². The van der Waals surface area contributed by atoms with E-state index >= 15 is 0 Å². The molecule has 1 saturated heterocycles. The van der Waals surface area contributed by atoms with Crippen molar-refractivity contribution in [3.05, 3.63) is 84.3 Å². The lowest BCUT2D eigenvalue weighted by Gasteiger charge is -2.35. The van der Waals surface area contributed by atoms with Crippen LogP contribution in [0.5, 0.6) is 0 Å². The third-order valence-corrected chi connectivity index (χ3v) is 5.66. The minimum Gasteiger partial charge on any atom is -0.361 e. The molecule has 1 amide bonds. The van der Waals surface area contributed by atoms with E-state index in [0.717, 1.165) is 49.4 Å². The van der Waals surface area contributed by atoms with Crippen molar-refractivity contribution in [3.63, 3.8) is 0 Å². The number of carbonyl (C=O) groups is 1. The molecule has 0 aliphatic carbocycles. The first-order valence-electron chi connectivity index (χ1n) is 10.5. The van der Waals surface area contributed by atoms with Crippen LogP contribution in [0.1, 0.15) is 15.9 Å². The molecule has 0 unspecified atom stereocenters. The lowest BCUT2D eigenvalue weighted by molar-refractivity contribution is 0.102. The quantitative estimate of drug-likeness (QED) is 0.524. The second-order valence-electron chi connectivity index (χ2n) is 7.74. The van der Waals surface area contributed by atoms with Crippen molar-refractivity contribution in [1.29, 1.82) is 0 Å². The Balaban J connectivity index is 1.21. The molecule has 7 heteroatoms. The van der Waals surface area contributed by atoms with E-state index in [0.29, 0.717) is 11.4 Å². The number of rotatable bonds is 5. The molecule has 5 rings (SSSR count). The summed E-state index contributed by atoms with van der Waals surface area (Å²) < 4.78 is 0. The topological polar surface area (TPSA) is 77.2 Å². The molecular formula is C24H24N6O. The van der Waals surface area contributed by atoms with Gasteiger partial charge in [0.05, 0.1) is 0 Å². The lowest BCUT2D eigenvalue weighted by Crippen LogP contribution is -2.46. The Morgan fingerprint density at radius 3 is 2.65 bits per heavy atom. The predicted molar refractivity (Wildman–Crippen MR) is 122 cm³/mol. The summed E-state index contributed by atoms with van der Waals surface area (Å²) in [6, 6.07) is 20.0. The summed E-state index contributed by atoms with van der Waals surface area (Å²) in [4.78, 5) is 29.2. The highest BCUT2D eigenvalue weighted by Crippen LogP contribution is 2.19. The highest BCUT2D eigenvalue weighted by molar-refractivity contribution is 6.05. The Morgan fingerprint density at radius 2 is 1.81 bits per heavy atom. The van der Waals surface area contributed by atoms with Crippen molar-refractivity contribution in [2.24, 2.45) is 0 Å². The number of piperazine rings is 1. The number of amides is 1. The second kappa shape index (κ2) is 8.57. The average molecular weight is 412 g/mol. The number of aromatic nitrogens is 3. The van der Waals surface area contributed by atoms with Crippen molar-refractivity contribution in [3.8, 4) is 0 Å². The first-order valence-corrected chi connectivity index (χ1v) is 10.5. The number of nitrogens with zero attached hydrogens (tertiary/aromatic N) is 4. The van der Waals surface area contributed by atoms with Crippen LogP contribution in [0.2, 0.25) is 0 Å². The van der Waals surface area contributed by atoms with Crippen LogP contribution in [0, 0.1) is 0 Å². The van der Waals surface area contributed by atoms with E-state index in [1.807, 2.05) is 42.6 Å². The maximum absolute atomic E-state index is 12.7. The number of hydrogen-bond acceptors (Lipinski definition) is 5. The molecule has 7 nitrogen and oxygen atoms in total. The number of H-pyrrole nitrogens is 1. The largest absolute Gasteiger partial charge is 0.361 e.